The highest BCUT2D eigenvalue weighted by Crippen LogP contribution is 2.33. The highest BCUT2D eigenvalue weighted by atomic mass is 16.3. The predicted molar refractivity (Wildman–Crippen MR) is 47.5 cm³/mol. The molecule has 0 amide bonds. The van der Waals surface area contributed by atoms with Gasteiger partial charge in [-0.05, 0) is 6.07 Å². The molecule has 0 spiro atoms. The van der Waals surface area contributed by atoms with E-state index in [0.717, 1.165) is 6.07 Å². The van der Waals surface area contributed by atoms with Crippen LogP contribution in [0.25, 0.3) is 0 Å². The lowest BCUT2D eigenvalue weighted by Gasteiger charge is -2.12. The summed E-state index contributed by atoms with van der Waals surface area (Å²) in [5, 5.41) is 45.4. The van der Waals surface area contributed by atoms with Gasteiger partial charge in [0.1, 0.15) is 11.5 Å². The van der Waals surface area contributed by atoms with Gasteiger partial charge in [0, 0.05) is 16.7 Å². The van der Waals surface area contributed by atoms with E-state index in [2.05, 4.69) is 0 Å². The normalized spacial score (nSPS) is 10.5. The summed E-state index contributed by atoms with van der Waals surface area (Å²) < 4.78 is 0. The summed E-state index contributed by atoms with van der Waals surface area (Å²) in [5.74, 6) is -0.546. The summed E-state index contributed by atoms with van der Waals surface area (Å²) in [6, 6.07) is 1.15. The van der Waals surface area contributed by atoms with Crippen molar-refractivity contribution in [1.29, 1.82) is 0 Å². The average Bonchev–Trinajstić information content (AvgIpc) is 2.20. The first-order valence-corrected chi connectivity index (χ1v) is 4.03. The minimum atomic E-state index is -0.511. The Morgan fingerprint density at radius 2 is 1.43 bits per heavy atom. The molecule has 1 aromatic rings. The van der Waals surface area contributed by atoms with Crippen LogP contribution < -0.4 is 0 Å². The number of rotatable bonds is 3. The van der Waals surface area contributed by atoms with Gasteiger partial charge in [-0.2, -0.15) is 0 Å². The van der Waals surface area contributed by atoms with Gasteiger partial charge in [0.25, 0.3) is 0 Å². The Morgan fingerprint density at radius 1 is 0.857 bits per heavy atom. The van der Waals surface area contributed by atoms with E-state index in [1.54, 1.807) is 0 Å². The summed E-state index contributed by atoms with van der Waals surface area (Å²) in [6.07, 6.45) is 0. The second-order valence-corrected chi connectivity index (χ2v) is 2.83. The van der Waals surface area contributed by atoms with Crippen LogP contribution in [0, 0.1) is 0 Å². The molecule has 0 fully saturated rings. The van der Waals surface area contributed by atoms with Crippen LogP contribution in [-0.2, 0) is 19.8 Å². The van der Waals surface area contributed by atoms with Gasteiger partial charge in [0.2, 0.25) is 0 Å². The van der Waals surface area contributed by atoms with Gasteiger partial charge in [-0.15, -0.1) is 0 Å². The zero-order valence-electron chi connectivity index (χ0n) is 7.43. The zero-order chi connectivity index (χ0) is 10.7. The van der Waals surface area contributed by atoms with Crippen LogP contribution in [0.2, 0.25) is 0 Å². The Labute approximate surface area is 80.5 Å². The molecule has 0 aliphatic heterocycles. The highest BCUT2D eigenvalue weighted by molar-refractivity contribution is 5.51. The van der Waals surface area contributed by atoms with Crippen LogP contribution in [0.15, 0.2) is 6.07 Å². The van der Waals surface area contributed by atoms with Crippen LogP contribution in [-0.4, -0.2) is 25.5 Å². The van der Waals surface area contributed by atoms with Crippen molar-refractivity contribution in [3.8, 4) is 11.5 Å². The Morgan fingerprint density at radius 3 is 1.86 bits per heavy atom. The molecule has 1 rings (SSSR count). The molecular formula is C9H12O5. The number of aliphatic hydroxyl groups is 3. The van der Waals surface area contributed by atoms with E-state index in [0.29, 0.717) is 0 Å². The van der Waals surface area contributed by atoms with E-state index in [1.807, 2.05) is 0 Å². The van der Waals surface area contributed by atoms with Crippen LogP contribution in [0.1, 0.15) is 16.7 Å². The van der Waals surface area contributed by atoms with Crippen LogP contribution in [0.3, 0.4) is 0 Å². The fourth-order valence-electron chi connectivity index (χ4n) is 1.28. The van der Waals surface area contributed by atoms with Gasteiger partial charge in [-0.3, -0.25) is 0 Å². The largest absolute Gasteiger partial charge is 0.508 e. The van der Waals surface area contributed by atoms with Crippen molar-refractivity contribution >= 4 is 0 Å². The number of hydrogen-bond donors (Lipinski definition) is 5. The average molecular weight is 200 g/mol. The van der Waals surface area contributed by atoms with E-state index in [9.17, 15) is 10.2 Å². The smallest absolute Gasteiger partial charge is 0.127 e. The first-order chi connectivity index (χ1) is 6.65. The molecule has 0 saturated heterocycles. The molecule has 0 aliphatic rings. The molecule has 0 radical (unpaired) electrons. The first-order valence-electron chi connectivity index (χ1n) is 4.03. The van der Waals surface area contributed by atoms with Crippen LogP contribution in [0.5, 0.6) is 11.5 Å². The van der Waals surface area contributed by atoms with E-state index < -0.39 is 19.8 Å². The van der Waals surface area contributed by atoms with Crippen molar-refractivity contribution in [2.45, 2.75) is 19.8 Å². The van der Waals surface area contributed by atoms with Crippen molar-refractivity contribution in [1.82, 2.24) is 0 Å². The van der Waals surface area contributed by atoms with Gasteiger partial charge < -0.3 is 25.5 Å². The molecule has 78 valence electrons. The van der Waals surface area contributed by atoms with Crippen LogP contribution >= 0.6 is 0 Å². The molecule has 5 heteroatoms. The lowest BCUT2D eigenvalue weighted by molar-refractivity contribution is 0.244. The second-order valence-electron chi connectivity index (χ2n) is 2.83. The minimum absolute atomic E-state index is 0.0385. The van der Waals surface area contributed by atoms with E-state index in [4.69, 9.17) is 15.3 Å². The predicted octanol–water partition coefficient (Wildman–Crippen LogP) is -0.425. The number of benzene rings is 1. The third kappa shape index (κ3) is 1.65. The van der Waals surface area contributed by atoms with Crippen molar-refractivity contribution in [3.05, 3.63) is 22.8 Å². The molecule has 0 heterocycles. The first kappa shape index (κ1) is 10.8. The molecule has 14 heavy (non-hydrogen) atoms. The highest BCUT2D eigenvalue weighted by Gasteiger charge is 2.15. The number of hydrogen-bond acceptors (Lipinski definition) is 5. The standard InChI is InChI=1S/C9H12O5/c10-2-5-1-8(13)6(3-11)7(4-12)9(5)14/h1,10-14H,2-4H2. The zero-order valence-corrected chi connectivity index (χ0v) is 7.43. The molecule has 0 unspecified atom stereocenters. The number of aliphatic hydroxyl groups excluding tert-OH is 3. The van der Waals surface area contributed by atoms with Gasteiger partial charge in [0.15, 0.2) is 0 Å². The van der Waals surface area contributed by atoms with Crippen molar-refractivity contribution in [2.75, 3.05) is 0 Å². The van der Waals surface area contributed by atoms with Crippen LogP contribution in [0.4, 0.5) is 0 Å². The van der Waals surface area contributed by atoms with Crippen molar-refractivity contribution in [3.63, 3.8) is 0 Å². The monoisotopic (exact) mass is 200 g/mol. The molecule has 1 aromatic carbocycles. The number of phenols is 2. The molecule has 0 bridgehead atoms. The second kappa shape index (κ2) is 4.28. The van der Waals surface area contributed by atoms with Gasteiger partial charge >= 0.3 is 0 Å². The molecule has 5 nitrogen and oxygen atoms in total. The van der Waals surface area contributed by atoms with Gasteiger partial charge in [-0.1, -0.05) is 0 Å². The Bertz CT molecular complexity index is 334. The van der Waals surface area contributed by atoms with Gasteiger partial charge in [0.05, 0.1) is 19.8 Å². The Balaban J connectivity index is 3.40. The van der Waals surface area contributed by atoms with Gasteiger partial charge in [-0.25, -0.2) is 0 Å². The van der Waals surface area contributed by atoms with Crippen molar-refractivity contribution < 1.29 is 25.5 Å². The summed E-state index contributed by atoms with van der Waals surface area (Å²) in [7, 11) is 0. The summed E-state index contributed by atoms with van der Waals surface area (Å²) in [6.45, 7) is -1.44. The fourth-order valence-corrected chi connectivity index (χ4v) is 1.28. The lowest BCUT2D eigenvalue weighted by atomic mass is 10.0. The van der Waals surface area contributed by atoms with E-state index in [1.165, 1.54) is 0 Å². The Kier molecular flexibility index (Phi) is 3.29. The third-order valence-corrected chi connectivity index (χ3v) is 2.06. The van der Waals surface area contributed by atoms with E-state index in [-0.39, 0.29) is 28.2 Å². The summed E-state index contributed by atoms with van der Waals surface area (Å²) in [5.41, 5.74) is 0.225. The fraction of sp³-hybridized carbons (Fsp3) is 0.333. The molecule has 0 aromatic heterocycles. The maximum absolute atomic E-state index is 9.48. The third-order valence-electron chi connectivity index (χ3n) is 2.06. The SMILES string of the molecule is OCc1cc(O)c(CO)c(CO)c1O. The Hall–Kier alpha value is -1.30. The maximum atomic E-state index is 9.48. The topological polar surface area (TPSA) is 101 Å². The molecule has 0 saturated carbocycles. The quantitative estimate of drug-likeness (QED) is 0.426. The summed E-state index contributed by atoms with van der Waals surface area (Å²) in [4.78, 5) is 0. The maximum Gasteiger partial charge on any atom is 0.127 e. The summed E-state index contributed by atoms with van der Waals surface area (Å²) >= 11 is 0. The minimum Gasteiger partial charge on any atom is -0.508 e. The number of aromatic hydroxyl groups is 2. The molecule has 0 atom stereocenters. The molecular weight excluding hydrogens is 188 g/mol. The van der Waals surface area contributed by atoms with Crippen molar-refractivity contribution in [2.24, 2.45) is 0 Å². The van der Waals surface area contributed by atoms with E-state index >= 15 is 0 Å². The molecule has 5 N–H and O–H groups in total. The molecule has 0 aliphatic carbocycles. The lowest BCUT2D eigenvalue weighted by Crippen LogP contribution is -1.99.